The first kappa shape index (κ1) is 15.1. The maximum atomic E-state index is 10.5. The van der Waals surface area contributed by atoms with Crippen LogP contribution in [-0.2, 0) is 4.79 Å². The van der Waals surface area contributed by atoms with Crippen molar-refractivity contribution in [3.8, 4) is 17.6 Å². The van der Waals surface area contributed by atoms with Gasteiger partial charge in [0.05, 0.1) is 9.13 Å². The Balaban J connectivity index is 2.31. The maximum Gasteiger partial charge on any atom is 0.328 e. The minimum absolute atomic E-state index is 0.349. The predicted octanol–water partition coefficient (Wildman–Crippen LogP) is 4.05. The van der Waals surface area contributed by atoms with Gasteiger partial charge in [0.15, 0.2) is 0 Å². The molecule has 21 heavy (non-hydrogen) atoms. The molecule has 0 atom stereocenters. The number of rotatable bonds is 4. The monoisotopic (exact) mass is 391 g/mol. The first-order valence-corrected chi connectivity index (χ1v) is 7.05. The number of hydrogen-bond donors (Lipinski definition) is 1. The van der Waals surface area contributed by atoms with Crippen molar-refractivity contribution in [1.29, 1.82) is 5.26 Å². The van der Waals surface area contributed by atoms with E-state index >= 15 is 0 Å². The molecule has 0 aliphatic heterocycles. The van der Waals surface area contributed by atoms with E-state index in [9.17, 15) is 10.1 Å². The highest BCUT2D eigenvalue weighted by molar-refractivity contribution is 14.1. The Labute approximate surface area is 135 Å². The summed E-state index contributed by atoms with van der Waals surface area (Å²) in [6.45, 7) is 0. The maximum absolute atomic E-state index is 10.5. The lowest BCUT2D eigenvalue weighted by molar-refractivity contribution is -0.131. The number of benzene rings is 2. The fourth-order valence-corrected chi connectivity index (χ4v) is 2.14. The van der Waals surface area contributed by atoms with Crippen molar-refractivity contribution in [2.45, 2.75) is 0 Å². The highest BCUT2D eigenvalue weighted by Crippen LogP contribution is 2.29. The number of aliphatic carboxylic acids is 1. The molecule has 0 aliphatic rings. The van der Waals surface area contributed by atoms with Crippen LogP contribution in [0.15, 0.2) is 48.5 Å². The molecule has 0 heterocycles. The van der Waals surface area contributed by atoms with Gasteiger partial charge in [-0.2, -0.15) is 5.26 Å². The van der Waals surface area contributed by atoms with Crippen LogP contribution in [-0.4, -0.2) is 11.1 Å². The highest BCUT2D eigenvalue weighted by Gasteiger charge is 2.07. The molecular weight excluding hydrogens is 381 g/mol. The van der Waals surface area contributed by atoms with Crippen LogP contribution in [0.5, 0.6) is 11.5 Å². The number of para-hydroxylation sites is 1. The van der Waals surface area contributed by atoms with Gasteiger partial charge < -0.3 is 9.84 Å². The molecule has 2 aromatic rings. The Morgan fingerprint density at radius 1 is 1.24 bits per heavy atom. The van der Waals surface area contributed by atoms with Crippen molar-refractivity contribution in [2.75, 3.05) is 0 Å². The molecule has 2 rings (SSSR count). The lowest BCUT2D eigenvalue weighted by Gasteiger charge is -2.09. The second kappa shape index (κ2) is 6.90. The van der Waals surface area contributed by atoms with Crippen LogP contribution in [0.2, 0.25) is 0 Å². The highest BCUT2D eigenvalue weighted by atomic mass is 127. The quantitative estimate of drug-likeness (QED) is 0.631. The zero-order chi connectivity index (χ0) is 15.2. The van der Waals surface area contributed by atoms with E-state index in [0.717, 1.165) is 9.65 Å². The second-order valence-corrected chi connectivity index (χ2v) is 5.23. The number of nitriles is 1. The molecule has 2 aromatic carbocycles. The number of carboxylic acid groups (broad SMARTS) is 1. The number of carboxylic acids is 1. The van der Waals surface area contributed by atoms with Gasteiger partial charge in [0.25, 0.3) is 0 Å². The normalized spacial score (nSPS) is 10.3. The van der Waals surface area contributed by atoms with E-state index in [1.807, 2.05) is 24.3 Å². The summed E-state index contributed by atoms with van der Waals surface area (Å²) in [7, 11) is 0. The van der Waals surface area contributed by atoms with Crippen molar-refractivity contribution in [1.82, 2.24) is 0 Å². The summed E-state index contributed by atoms with van der Waals surface area (Å²) in [5.74, 6) is 0.0743. The first-order valence-electron chi connectivity index (χ1n) is 5.97. The number of ether oxygens (including phenoxy) is 1. The van der Waals surface area contributed by atoms with E-state index in [-0.39, 0.29) is 0 Å². The summed E-state index contributed by atoms with van der Waals surface area (Å²) in [6.07, 6.45) is 2.45. The topological polar surface area (TPSA) is 70.3 Å². The van der Waals surface area contributed by atoms with Crippen molar-refractivity contribution in [3.63, 3.8) is 0 Å². The van der Waals surface area contributed by atoms with Crippen LogP contribution >= 0.6 is 22.6 Å². The average Bonchev–Trinajstić information content (AvgIpc) is 2.48. The summed E-state index contributed by atoms with van der Waals surface area (Å²) in [5, 5.41) is 17.8. The molecule has 0 fully saturated rings. The van der Waals surface area contributed by atoms with Crippen LogP contribution in [0, 0.1) is 14.9 Å². The number of hydrogen-bond acceptors (Lipinski definition) is 3. The van der Waals surface area contributed by atoms with Crippen LogP contribution in [0.4, 0.5) is 0 Å². The lowest BCUT2D eigenvalue weighted by atomic mass is 10.1. The van der Waals surface area contributed by atoms with Gasteiger partial charge in [0.1, 0.15) is 17.6 Å². The molecule has 1 N–H and O–H groups in total. The summed E-state index contributed by atoms with van der Waals surface area (Å²) in [6, 6.07) is 14.5. The summed E-state index contributed by atoms with van der Waals surface area (Å²) in [5.41, 5.74) is 0.978. The molecule has 0 amide bonds. The average molecular weight is 391 g/mol. The molecule has 0 aliphatic carbocycles. The molecule has 0 bridgehead atoms. The second-order valence-electron chi connectivity index (χ2n) is 4.07. The Bertz CT molecular complexity index is 747. The third kappa shape index (κ3) is 4.07. The van der Waals surface area contributed by atoms with E-state index in [2.05, 4.69) is 28.7 Å². The molecule has 0 saturated heterocycles. The minimum atomic E-state index is -1.03. The zero-order valence-corrected chi connectivity index (χ0v) is 12.9. The van der Waals surface area contributed by atoms with Crippen molar-refractivity contribution in [3.05, 3.63) is 63.2 Å². The molecule has 5 heteroatoms. The minimum Gasteiger partial charge on any atom is -0.478 e. The third-order valence-electron chi connectivity index (χ3n) is 2.60. The predicted molar refractivity (Wildman–Crippen MR) is 87.1 cm³/mol. The van der Waals surface area contributed by atoms with E-state index in [0.29, 0.717) is 22.6 Å². The van der Waals surface area contributed by atoms with Crippen LogP contribution in [0.1, 0.15) is 11.1 Å². The Hall–Kier alpha value is -2.33. The standard InChI is InChI=1S/C16H10INO3/c17-13-3-1-2-4-15(13)21-14-7-5-11(6-8-16(19)20)9-12(14)10-18/h1-9H,(H,19,20)/b8-6+. The molecule has 0 aromatic heterocycles. The smallest absolute Gasteiger partial charge is 0.328 e. The van der Waals surface area contributed by atoms with Crippen molar-refractivity contribution in [2.24, 2.45) is 0 Å². The SMILES string of the molecule is N#Cc1cc(/C=C/C(=O)O)ccc1Oc1ccccc1I. The van der Waals surface area contributed by atoms with E-state index in [4.69, 9.17) is 9.84 Å². The third-order valence-corrected chi connectivity index (χ3v) is 3.49. The number of halogens is 1. The Morgan fingerprint density at radius 3 is 2.67 bits per heavy atom. The summed E-state index contributed by atoms with van der Waals surface area (Å²) >= 11 is 2.15. The lowest BCUT2D eigenvalue weighted by Crippen LogP contribution is -1.91. The molecule has 0 spiro atoms. The van der Waals surface area contributed by atoms with E-state index < -0.39 is 5.97 Å². The fraction of sp³-hybridized carbons (Fsp3) is 0. The molecule has 0 saturated carbocycles. The van der Waals surface area contributed by atoms with Gasteiger partial charge in [-0.1, -0.05) is 18.2 Å². The van der Waals surface area contributed by atoms with Gasteiger partial charge in [-0.25, -0.2) is 4.79 Å². The van der Waals surface area contributed by atoms with Gasteiger partial charge in [-0.15, -0.1) is 0 Å². The Morgan fingerprint density at radius 2 is 2.00 bits per heavy atom. The fourth-order valence-electron chi connectivity index (χ4n) is 1.64. The van der Waals surface area contributed by atoms with E-state index in [1.54, 1.807) is 18.2 Å². The van der Waals surface area contributed by atoms with Crippen molar-refractivity contribution < 1.29 is 14.6 Å². The molecule has 0 radical (unpaired) electrons. The number of nitrogens with zero attached hydrogens (tertiary/aromatic N) is 1. The molecular formula is C16H10INO3. The van der Waals surface area contributed by atoms with Crippen LogP contribution in [0.25, 0.3) is 6.08 Å². The van der Waals surface area contributed by atoms with Gasteiger partial charge in [0, 0.05) is 6.08 Å². The van der Waals surface area contributed by atoms with E-state index in [1.165, 1.54) is 6.08 Å². The Kier molecular flexibility index (Phi) is 4.95. The van der Waals surface area contributed by atoms with Crippen LogP contribution in [0.3, 0.4) is 0 Å². The number of carbonyl (C=O) groups is 1. The largest absolute Gasteiger partial charge is 0.478 e. The van der Waals surface area contributed by atoms with Gasteiger partial charge in [-0.05, 0) is 58.5 Å². The molecule has 104 valence electrons. The van der Waals surface area contributed by atoms with Gasteiger partial charge >= 0.3 is 5.97 Å². The van der Waals surface area contributed by atoms with Crippen molar-refractivity contribution >= 4 is 34.6 Å². The van der Waals surface area contributed by atoms with Gasteiger partial charge in [0.2, 0.25) is 0 Å². The molecule has 4 nitrogen and oxygen atoms in total. The summed E-state index contributed by atoms with van der Waals surface area (Å²) < 4.78 is 6.68. The van der Waals surface area contributed by atoms with Gasteiger partial charge in [-0.3, -0.25) is 0 Å². The molecule has 0 unspecified atom stereocenters. The summed E-state index contributed by atoms with van der Waals surface area (Å²) in [4.78, 5) is 10.5. The zero-order valence-electron chi connectivity index (χ0n) is 10.8. The first-order chi connectivity index (χ1) is 10.1. The van der Waals surface area contributed by atoms with Crippen LogP contribution < -0.4 is 4.74 Å².